The van der Waals surface area contributed by atoms with Crippen LogP contribution in [0.5, 0.6) is 0 Å². The molecule has 3 rings (SSSR count). The standard InChI is InChI=1S/C16H19N3O6S/c1-26(24,25)14-9-12(8-13(10-14)19(22)23)16(21)18-6-4-17(5-7-18)15(20)11-2-3-11/h8-11H,2-7H2,1H3. The Morgan fingerprint density at radius 2 is 1.65 bits per heavy atom. The van der Waals surface area contributed by atoms with Gasteiger partial charge in [0.05, 0.1) is 9.82 Å². The molecule has 0 aromatic heterocycles. The summed E-state index contributed by atoms with van der Waals surface area (Å²) < 4.78 is 23.5. The van der Waals surface area contributed by atoms with Gasteiger partial charge in [0.2, 0.25) is 5.91 Å². The number of nitrogens with zero attached hydrogens (tertiary/aromatic N) is 3. The fourth-order valence-electron chi connectivity index (χ4n) is 2.93. The van der Waals surface area contributed by atoms with Gasteiger partial charge in [-0.3, -0.25) is 19.7 Å². The molecular weight excluding hydrogens is 362 g/mol. The van der Waals surface area contributed by atoms with E-state index in [1.165, 1.54) is 4.90 Å². The lowest BCUT2D eigenvalue weighted by Crippen LogP contribution is -2.51. The number of hydrogen-bond donors (Lipinski definition) is 0. The van der Waals surface area contributed by atoms with E-state index in [2.05, 4.69) is 0 Å². The molecule has 1 aromatic carbocycles. The smallest absolute Gasteiger partial charge is 0.271 e. The molecule has 26 heavy (non-hydrogen) atoms. The number of sulfone groups is 1. The van der Waals surface area contributed by atoms with Crippen LogP contribution in [0.15, 0.2) is 23.1 Å². The Bertz CT molecular complexity index is 870. The van der Waals surface area contributed by atoms with Crippen molar-refractivity contribution in [3.63, 3.8) is 0 Å². The maximum Gasteiger partial charge on any atom is 0.271 e. The molecule has 2 aliphatic rings. The van der Waals surface area contributed by atoms with Crippen molar-refractivity contribution in [2.45, 2.75) is 17.7 Å². The second-order valence-corrected chi connectivity index (χ2v) is 8.65. The van der Waals surface area contributed by atoms with Crippen LogP contribution in [0, 0.1) is 16.0 Å². The second-order valence-electron chi connectivity index (χ2n) is 6.64. The molecule has 1 heterocycles. The van der Waals surface area contributed by atoms with Crippen molar-refractivity contribution >= 4 is 27.3 Å². The van der Waals surface area contributed by atoms with Gasteiger partial charge < -0.3 is 9.80 Å². The second kappa shape index (κ2) is 6.67. The lowest BCUT2D eigenvalue weighted by atomic mass is 10.1. The summed E-state index contributed by atoms with van der Waals surface area (Å²) in [5.74, 6) is -0.240. The Balaban J connectivity index is 1.78. The van der Waals surface area contributed by atoms with Crippen LogP contribution in [0.25, 0.3) is 0 Å². The third kappa shape index (κ3) is 3.85. The molecule has 1 aliphatic carbocycles. The van der Waals surface area contributed by atoms with Gasteiger partial charge in [-0.1, -0.05) is 0 Å². The largest absolute Gasteiger partial charge is 0.339 e. The quantitative estimate of drug-likeness (QED) is 0.559. The number of benzene rings is 1. The molecule has 0 radical (unpaired) electrons. The zero-order valence-electron chi connectivity index (χ0n) is 14.3. The lowest BCUT2D eigenvalue weighted by Gasteiger charge is -2.35. The molecule has 1 saturated heterocycles. The van der Waals surface area contributed by atoms with E-state index in [9.17, 15) is 28.1 Å². The van der Waals surface area contributed by atoms with Crippen molar-refractivity contribution in [3.05, 3.63) is 33.9 Å². The predicted octanol–water partition coefficient (Wildman–Crippen LogP) is 0.693. The predicted molar refractivity (Wildman–Crippen MR) is 91.4 cm³/mol. The average molecular weight is 381 g/mol. The van der Waals surface area contributed by atoms with Crippen LogP contribution < -0.4 is 0 Å². The zero-order valence-corrected chi connectivity index (χ0v) is 15.1. The van der Waals surface area contributed by atoms with Gasteiger partial charge >= 0.3 is 0 Å². The van der Waals surface area contributed by atoms with Crippen molar-refractivity contribution in [2.24, 2.45) is 5.92 Å². The monoisotopic (exact) mass is 381 g/mol. The van der Waals surface area contributed by atoms with Crippen LogP contribution >= 0.6 is 0 Å². The highest BCUT2D eigenvalue weighted by Crippen LogP contribution is 2.31. The maximum absolute atomic E-state index is 12.7. The van der Waals surface area contributed by atoms with Crippen molar-refractivity contribution in [1.82, 2.24) is 9.80 Å². The van der Waals surface area contributed by atoms with E-state index in [4.69, 9.17) is 0 Å². The minimum atomic E-state index is -3.70. The van der Waals surface area contributed by atoms with Gasteiger partial charge in [-0.25, -0.2) is 8.42 Å². The molecule has 0 bridgehead atoms. The van der Waals surface area contributed by atoms with E-state index < -0.39 is 26.4 Å². The minimum absolute atomic E-state index is 0.0402. The highest BCUT2D eigenvalue weighted by Gasteiger charge is 2.35. The van der Waals surface area contributed by atoms with E-state index in [-0.39, 0.29) is 22.3 Å². The van der Waals surface area contributed by atoms with Gasteiger partial charge in [0.15, 0.2) is 9.84 Å². The molecule has 0 spiro atoms. The Hall–Kier alpha value is -2.49. The van der Waals surface area contributed by atoms with Crippen molar-refractivity contribution in [1.29, 1.82) is 0 Å². The topological polar surface area (TPSA) is 118 Å². The van der Waals surface area contributed by atoms with E-state index >= 15 is 0 Å². The third-order valence-electron chi connectivity index (χ3n) is 4.58. The van der Waals surface area contributed by atoms with Crippen LogP contribution in [-0.4, -0.2) is 67.4 Å². The normalized spacial score (nSPS) is 17.9. The van der Waals surface area contributed by atoms with Crippen molar-refractivity contribution in [3.8, 4) is 0 Å². The molecule has 2 fully saturated rings. The van der Waals surface area contributed by atoms with Crippen LogP contribution in [-0.2, 0) is 14.6 Å². The molecule has 0 atom stereocenters. The first-order chi connectivity index (χ1) is 12.2. The summed E-state index contributed by atoms with van der Waals surface area (Å²) in [5, 5.41) is 11.1. The Morgan fingerprint density at radius 1 is 1.08 bits per heavy atom. The average Bonchev–Trinajstić information content (AvgIpc) is 3.44. The number of carbonyl (C=O) groups excluding carboxylic acids is 2. The molecule has 140 valence electrons. The van der Waals surface area contributed by atoms with Gasteiger partial charge in [-0.05, 0) is 18.9 Å². The summed E-state index contributed by atoms with van der Waals surface area (Å²) >= 11 is 0. The Morgan fingerprint density at radius 3 is 2.15 bits per heavy atom. The summed E-state index contributed by atoms with van der Waals surface area (Å²) in [7, 11) is -3.70. The number of piperazine rings is 1. The van der Waals surface area contributed by atoms with Crippen molar-refractivity contribution in [2.75, 3.05) is 32.4 Å². The minimum Gasteiger partial charge on any atom is -0.339 e. The molecule has 1 aliphatic heterocycles. The van der Waals surface area contributed by atoms with Crippen LogP contribution in [0.1, 0.15) is 23.2 Å². The van der Waals surface area contributed by atoms with Gasteiger partial charge in [0.1, 0.15) is 0 Å². The number of rotatable bonds is 4. The molecular formula is C16H19N3O6S. The maximum atomic E-state index is 12.7. The summed E-state index contributed by atoms with van der Waals surface area (Å²) in [4.78, 5) is 38.0. The molecule has 2 amide bonds. The number of nitro groups is 1. The summed E-state index contributed by atoms with van der Waals surface area (Å²) in [6, 6.07) is 3.18. The van der Waals surface area contributed by atoms with Gasteiger partial charge in [-0.2, -0.15) is 0 Å². The van der Waals surface area contributed by atoms with Crippen LogP contribution in [0.3, 0.4) is 0 Å². The highest BCUT2D eigenvalue weighted by molar-refractivity contribution is 7.90. The lowest BCUT2D eigenvalue weighted by molar-refractivity contribution is -0.385. The van der Waals surface area contributed by atoms with E-state index in [1.54, 1.807) is 4.90 Å². The van der Waals surface area contributed by atoms with E-state index in [1.807, 2.05) is 0 Å². The van der Waals surface area contributed by atoms with Gasteiger partial charge in [0.25, 0.3) is 11.6 Å². The SMILES string of the molecule is CS(=O)(=O)c1cc(C(=O)N2CCN(C(=O)C3CC3)CC2)cc([N+](=O)[O-])c1. The Kier molecular flexibility index (Phi) is 4.70. The molecule has 0 N–H and O–H groups in total. The summed E-state index contributed by atoms with van der Waals surface area (Å²) in [5.41, 5.74) is -0.486. The fraction of sp³-hybridized carbons (Fsp3) is 0.500. The highest BCUT2D eigenvalue weighted by atomic mass is 32.2. The summed E-state index contributed by atoms with van der Waals surface area (Å²) in [6.07, 6.45) is 2.77. The number of hydrogen-bond acceptors (Lipinski definition) is 6. The van der Waals surface area contributed by atoms with E-state index in [0.717, 1.165) is 37.3 Å². The number of non-ortho nitro benzene ring substituents is 1. The number of carbonyl (C=O) groups is 2. The zero-order chi connectivity index (χ0) is 19.1. The molecule has 1 aromatic rings. The molecule has 9 nitrogen and oxygen atoms in total. The molecule has 1 saturated carbocycles. The van der Waals surface area contributed by atoms with Gasteiger partial charge in [-0.15, -0.1) is 0 Å². The number of nitro benzene ring substituents is 1. The molecule has 0 unspecified atom stereocenters. The summed E-state index contributed by atoms with van der Waals surface area (Å²) in [6.45, 7) is 1.45. The van der Waals surface area contributed by atoms with Crippen LogP contribution in [0.2, 0.25) is 0 Å². The first-order valence-electron chi connectivity index (χ1n) is 8.24. The first kappa shape index (κ1) is 18.3. The van der Waals surface area contributed by atoms with Gasteiger partial charge in [0, 0.05) is 56.0 Å². The fourth-order valence-corrected chi connectivity index (χ4v) is 3.60. The molecule has 10 heteroatoms. The Labute approximate surface area is 150 Å². The van der Waals surface area contributed by atoms with Crippen LogP contribution in [0.4, 0.5) is 5.69 Å². The van der Waals surface area contributed by atoms with E-state index in [0.29, 0.717) is 26.2 Å². The van der Waals surface area contributed by atoms with Crippen molar-refractivity contribution < 1.29 is 22.9 Å². The first-order valence-corrected chi connectivity index (χ1v) is 10.1. The number of amides is 2. The third-order valence-corrected chi connectivity index (χ3v) is 5.67.